The molecule has 52 heavy (non-hydrogen) atoms. The van der Waals surface area contributed by atoms with E-state index in [4.69, 9.17) is 25.8 Å². The van der Waals surface area contributed by atoms with Crippen LogP contribution in [0.3, 0.4) is 0 Å². The molecule has 3 N–H and O–H groups in total. The normalized spacial score (nSPS) is 20.3. The van der Waals surface area contributed by atoms with Gasteiger partial charge in [-0.2, -0.15) is 5.26 Å². The molecule has 11 nitrogen and oxygen atoms in total. The largest absolute Gasteiger partial charge is 0.488 e. The van der Waals surface area contributed by atoms with Crippen molar-refractivity contribution in [2.75, 3.05) is 46.5 Å². The second-order valence-electron chi connectivity index (χ2n) is 13.9. The molecule has 1 saturated heterocycles. The van der Waals surface area contributed by atoms with Crippen molar-refractivity contribution in [1.29, 1.82) is 5.26 Å². The number of benzene rings is 2. The molecule has 2 aromatic carbocycles. The highest BCUT2D eigenvalue weighted by Gasteiger charge is 2.49. The SMILES string of the molecule is CN(Cc1cc(Cl)c(OCC2(OCCCN3CC[C@@H](O)C3)C=CC=C(c3ccccc3)C2(C)C)cc1OCc1cncc(C#N)c1)C(CO)C(=O)O. The van der Waals surface area contributed by atoms with Gasteiger partial charge in [0.05, 0.1) is 23.3 Å². The molecule has 0 spiro atoms. The van der Waals surface area contributed by atoms with Crippen LogP contribution >= 0.6 is 11.6 Å². The van der Waals surface area contributed by atoms with Gasteiger partial charge in [0.15, 0.2) is 0 Å². The Bertz CT molecular complexity index is 1790. The van der Waals surface area contributed by atoms with Crippen molar-refractivity contribution in [3.63, 3.8) is 0 Å². The van der Waals surface area contributed by atoms with E-state index in [-0.39, 0.29) is 25.9 Å². The van der Waals surface area contributed by atoms with Crippen LogP contribution in [0.25, 0.3) is 5.57 Å². The molecule has 276 valence electrons. The lowest BCUT2D eigenvalue weighted by Crippen LogP contribution is -2.52. The molecule has 1 aliphatic heterocycles. The van der Waals surface area contributed by atoms with Crippen LogP contribution in [0.5, 0.6) is 11.5 Å². The van der Waals surface area contributed by atoms with Crippen LogP contribution in [0, 0.1) is 16.7 Å². The summed E-state index contributed by atoms with van der Waals surface area (Å²) in [4.78, 5) is 19.7. The Labute approximate surface area is 310 Å². The number of hydrogen-bond acceptors (Lipinski definition) is 10. The molecule has 0 saturated carbocycles. The molecule has 1 aromatic heterocycles. The van der Waals surface area contributed by atoms with Crippen molar-refractivity contribution in [2.24, 2.45) is 5.41 Å². The second-order valence-corrected chi connectivity index (χ2v) is 14.3. The molecular formula is C40H47ClN4O7. The Morgan fingerprint density at radius 2 is 1.96 bits per heavy atom. The monoisotopic (exact) mass is 730 g/mol. The van der Waals surface area contributed by atoms with E-state index in [1.807, 2.05) is 30.4 Å². The summed E-state index contributed by atoms with van der Waals surface area (Å²) in [5.74, 6) is -0.423. The summed E-state index contributed by atoms with van der Waals surface area (Å²) in [6.07, 6.45) is 10.5. The van der Waals surface area contributed by atoms with Crippen molar-refractivity contribution in [2.45, 2.75) is 57.6 Å². The third-order valence-electron chi connectivity index (χ3n) is 9.96. The molecule has 0 amide bonds. The first-order valence-electron chi connectivity index (χ1n) is 17.4. The number of aromatic nitrogens is 1. The fourth-order valence-corrected chi connectivity index (χ4v) is 7.02. The predicted octanol–water partition coefficient (Wildman–Crippen LogP) is 5.33. The molecule has 12 heteroatoms. The van der Waals surface area contributed by atoms with Crippen LogP contribution in [0.1, 0.15) is 48.9 Å². The fraction of sp³-hybridized carbons (Fsp3) is 0.425. The zero-order valence-corrected chi connectivity index (χ0v) is 30.6. The molecule has 2 unspecified atom stereocenters. The third-order valence-corrected chi connectivity index (χ3v) is 10.3. The first kappa shape index (κ1) is 38.9. The summed E-state index contributed by atoms with van der Waals surface area (Å²) in [6.45, 7) is 6.83. The number of nitriles is 1. The summed E-state index contributed by atoms with van der Waals surface area (Å²) in [7, 11) is 1.60. The van der Waals surface area contributed by atoms with Crippen molar-refractivity contribution < 1.29 is 34.3 Å². The number of pyridine rings is 1. The van der Waals surface area contributed by atoms with Gasteiger partial charge in [0.25, 0.3) is 0 Å². The highest BCUT2D eigenvalue weighted by Crippen LogP contribution is 2.49. The summed E-state index contributed by atoms with van der Waals surface area (Å²) < 4.78 is 19.7. The van der Waals surface area contributed by atoms with Gasteiger partial charge >= 0.3 is 5.97 Å². The fourth-order valence-electron chi connectivity index (χ4n) is 6.78. The Morgan fingerprint density at radius 1 is 1.17 bits per heavy atom. The van der Waals surface area contributed by atoms with E-state index in [0.29, 0.717) is 46.4 Å². The highest BCUT2D eigenvalue weighted by atomic mass is 35.5. The lowest BCUT2D eigenvalue weighted by atomic mass is 9.65. The Morgan fingerprint density at radius 3 is 2.65 bits per heavy atom. The average Bonchev–Trinajstić information content (AvgIpc) is 3.55. The van der Waals surface area contributed by atoms with Gasteiger partial charge in [0, 0.05) is 67.8 Å². The third kappa shape index (κ3) is 9.19. The van der Waals surface area contributed by atoms with Crippen molar-refractivity contribution >= 4 is 23.1 Å². The molecule has 2 heterocycles. The lowest BCUT2D eigenvalue weighted by molar-refractivity contribution is -0.144. The lowest BCUT2D eigenvalue weighted by Gasteiger charge is -2.47. The van der Waals surface area contributed by atoms with E-state index >= 15 is 0 Å². The number of aliphatic hydroxyl groups excluding tert-OH is 2. The van der Waals surface area contributed by atoms with Gasteiger partial charge in [-0.1, -0.05) is 67.9 Å². The maximum absolute atomic E-state index is 11.8. The number of nitrogens with zero attached hydrogens (tertiary/aromatic N) is 4. The Balaban J connectivity index is 1.43. The molecule has 3 aromatic rings. The van der Waals surface area contributed by atoms with E-state index in [1.165, 1.54) is 11.1 Å². The number of rotatable bonds is 17. The number of halogens is 1. The number of allylic oxidation sites excluding steroid dienone is 2. The molecule has 3 atom stereocenters. The minimum absolute atomic E-state index is 0.0742. The second kappa shape index (κ2) is 17.5. The van der Waals surface area contributed by atoms with Crippen LogP contribution in [-0.2, 0) is 22.7 Å². The summed E-state index contributed by atoms with van der Waals surface area (Å²) in [5.41, 5.74) is 2.37. The van der Waals surface area contributed by atoms with Crippen molar-refractivity contribution in [3.8, 4) is 17.6 Å². The zero-order valence-electron chi connectivity index (χ0n) is 29.9. The number of ether oxygens (including phenoxy) is 3. The van der Waals surface area contributed by atoms with Crippen LogP contribution < -0.4 is 9.47 Å². The van der Waals surface area contributed by atoms with E-state index in [0.717, 1.165) is 37.1 Å². The number of likely N-dealkylation sites (tertiary alicyclic amines) is 1. The minimum atomic E-state index is -1.16. The average molecular weight is 731 g/mol. The van der Waals surface area contributed by atoms with E-state index in [2.05, 4.69) is 48.0 Å². The van der Waals surface area contributed by atoms with E-state index in [1.54, 1.807) is 31.4 Å². The molecule has 1 fully saturated rings. The molecule has 0 bridgehead atoms. The quantitative estimate of drug-likeness (QED) is 0.155. The first-order chi connectivity index (χ1) is 25.0. The van der Waals surface area contributed by atoms with Gasteiger partial charge in [0.2, 0.25) is 0 Å². The van der Waals surface area contributed by atoms with E-state index in [9.17, 15) is 25.4 Å². The standard InChI is InChI=1S/C40H47ClN4O7/c1-39(2)33(30-9-5-4-6-10-30)11-7-13-40(39,52-16-8-14-45-15-12-32(47)24-45)27-51-37-19-36(50-26-29-17-28(20-42)21-43-22-29)31(18-34(37)41)23-44(3)35(25-46)38(48)49/h4-7,9-11,13,17-19,21-22,32,35,46-47H,8,12,14-16,23-27H2,1-3H3,(H,48,49)/t32-,35?,40?/m1/s1. The van der Waals surface area contributed by atoms with Crippen LogP contribution in [0.4, 0.5) is 0 Å². The van der Waals surface area contributed by atoms with Gasteiger partial charge in [-0.25, -0.2) is 0 Å². The number of carboxylic acid groups (broad SMARTS) is 1. The van der Waals surface area contributed by atoms with Gasteiger partial charge in [0.1, 0.15) is 42.4 Å². The summed E-state index contributed by atoms with van der Waals surface area (Å²) in [6, 6.07) is 16.2. The van der Waals surface area contributed by atoms with Crippen molar-refractivity contribution in [3.05, 3.63) is 106 Å². The van der Waals surface area contributed by atoms with E-state index < -0.39 is 29.6 Å². The number of aliphatic carboxylic acids is 1. The smallest absolute Gasteiger partial charge is 0.323 e. The highest BCUT2D eigenvalue weighted by molar-refractivity contribution is 6.32. The molecule has 0 radical (unpaired) electrons. The number of likely N-dealkylation sites (N-methyl/N-ethyl adjacent to an activating group) is 1. The molecule has 2 aliphatic rings. The predicted molar refractivity (Wildman–Crippen MR) is 198 cm³/mol. The van der Waals surface area contributed by atoms with Gasteiger partial charge in [-0.3, -0.25) is 14.7 Å². The first-order valence-corrected chi connectivity index (χ1v) is 17.8. The number of carboxylic acids is 1. The number of carbonyl (C=O) groups is 1. The number of aliphatic hydroxyl groups is 2. The number of β-amino-alcohol motifs (C(OH)–C–C–N with tert-alkyl or cyclic N) is 1. The summed E-state index contributed by atoms with van der Waals surface area (Å²) in [5, 5.41) is 39.0. The van der Waals surface area contributed by atoms with Crippen LogP contribution in [0.15, 0.2) is 79.2 Å². The number of hydrogen-bond donors (Lipinski definition) is 3. The van der Waals surface area contributed by atoms with Gasteiger partial charge in [-0.05, 0) is 49.2 Å². The maximum Gasteiger partial charge on any atom is 0.323 e. The Kier molecular flexibility index (Phi) is 13.1. The van der Waals surface area contributed by atoms with Crippen LogP contribution in [-0.4, -0.2) is 100 Å². The molecule has 1 aliphatic carbocycles. The zero-order chi connectivity index (χ0) is 37.3. The molecular weight excluding hydrogens is 684 g/mol. The topological polar surface area (TPSA) is 149 Å². The summed E-state index contributed by atoms with van der Waals surface area (Å²) >= 11 is 6.88. The maximum atomic E-state index is 11.8. The van der Waals surface area contributed by atoms with Crippen LogP contribution in [0.2, 0.25) is 5.02 Å². The van der Waals surface area contributed by atoms with Gasteiger partial charge in [-0.15, -0.1) is 0 Å². The van der Waals surface area contributed by atoms with Gasteiger partial charge < -0.3 is 34.4 Å². The van der Waals surface area contributed by atoms with Crippen molar-refractivity contribution in [1.82, 2.24) is 14.8 Å². The minimum Gasteiger partial charge on any atom is -0.488 e. The molecule has 5 rings (SSSR count). The Hall–Kier alpha value is -4.28.